The Hall–Kier alpha value is -3.80. The Balaban J connectivity index is 0.000000429. The fourth-order valence-corrected chi connectivity index (χ4v) is 3.16. The number of carboxylic acids is 1. The minimum atomic E-state index is -5.08. The molecule has 35 heavy (non-hydrogen) atoms. The number of hydrogen-bond acceptors (Lipinski definition) is 5. The smallest absolute Gasteiger partial charge is 0.475 e. The molecule has 3 aromatic rings. The van der Waals surface area contributed by atoms with Crippen molar-refractivity contribution in [3.8, 4) is 11.3 Å². The van der Waals surface area contributed by atoms with Crippen LogP contribution >= 0.6 is 0 Å². The second kappa shape index (κ2) is 11.1. The first-order chi connectivity index (χ1) is 16.5. The highest BCUT2D eigenvalue weighted by molar-refractivity contribution is 6.05. The van der Waals surface area contributed by atoms with Crippen LogP contribution in [-0.2, 0) is 11.3 Å². The summed E-state index contributed by atoms with van der Waals surface area (Å²) < 4.78 is 47.5. The Morgan fingerprint density at radius 2 is 1.86 bits per heavy atom. The van der Waals surface area contributed by atoms with Gasteiger partial charge in [0.05, 0.1) is 12.7 Å². The van der Waals surface area contributed by atoms with E-state index in [0.29, 0.717) is 24.3 Å². The summed E-state index contributed by atoms with van der Waals surface area (Å²) >= 11 is 0. The molecule has 1 atom stereocenters. The van der Waals surface area contributed by atoms with Gasteiger partial charge in [0.15, 0.2) is 0 Å². The Morgan fingerprint density at radius 1 is 1.20 bits per heavy atom. The molecule has 0 spiro atoms. The topological polar surface area (TPSA) is 109 Å². The molecule has 1 aliphatic rings. The van der Waals surface area contributed by atoms with Crippen LogP contribution in [0.1, 0.15) is 15.9 Å². The predicted octanol–water partition coefficient (Wildman–Crippen LogP) is 3.70. The summed E-state index contributed by atoms with van der Waals surface area (Å²) in [6.45, 7) is 3.49. The standard InChI is InChI=1S/C21H22FN5O.C2HF3O2/c1-14-7-8-15(9-18(14)21(28)24-17-5-3-2-4-6-17)20-13-27(26-25-20)12-19(22)16-10-23-11-16;3-2(4,5)1(6)7/h2-9,13,16,19,23H,10-12H2,1H3,(H,24,28);(H,6,7). The van der Waals surface area contributed by atoms with Crippen LogP contribution in [0.25, 0.3) is 11.3 Å². The van der Waals surface area contributed by atoms with Gasteiger partial charge in [-0.1, -0.05) is 35.5 Å². The lowest BCUT2D eigenvalue weighted by Crippen LogP contribution is -2.48. The Labute approximate surface area is 198 Å². The maximum absolute atomic E-state index is 14.2. The summed E-state index contributed by atoms with van der Waals surface area (Å²) in [6.07, 6.45) is -4.30. The number of benzene rings is 2. The third kappa shape index (κ3) is 7.09. The second-order valence-electron chi connectivity index (χ2n) is 7.91. The molecule has 0 saturated carbocycles. The number of rotatable bonds is 6. The number of anilines is 1. The number of carbonyl (C=O) groups is 2. The van der Waals surface area contributed by atoms with Gasteiger partial charge in [-0.05, 0) is 30.7 Å². The lowest BCUT2D eigenvalue weighted by atomic mass is 9.97. The van der Waals surface area contributed by atoms with E-state index in [1.54, 1.807) is 12.3 Å². The van der Waals surface area contributed by atoms with Gasteiger partial charge in [-0.3, -0.25) is 4.79 Å². The van der Waals surface area contributed by atoms with Gasteiger partial charge in [0.2, 0.25) is 0 Å². The normalized spacial score (nSPS) is 14.3. The van der Waals surface area contributed by atoms with Crippen LogP contribution in [-0.4, -0.2) is 57.4 Å². The number of hydrogen-bond donors (Lipinski definition) is 3. The highest BCUT2D eigenvalue weighted by Crippen LogP contribution is 2.22. The Morgan fingerprint density at radius 3 is 2.43 bits per heavy atom. The number of carbonyl (C=O) groups excluding carboxylic acids is 1. The van der Waals surface area contributed by atoms with Crippen molar-refractivity contribution in [1.29, 1.82) is 0 Å². The predicted molar refractivity (Wildman–Crippen MR) is 120 cm³/mol. The van der Waals surface area contributed by atoms with E-state index >= 15 is 0 Å². The van der Waals surface area contributed by atoms with Crippen LogP contribution in [0.2, 0.25) is 0 Å². The van der Waals surface area contributed by atoms with E-state index in [-0.39, 0.29) is 18.4 Å². The molecule has 2 heterocycles. The monoisotopic (exact) mass is 493 g/mol. The van der Waals surface area contributed by atoms with Gasteiger partial charge < -0.3 is 15.7 Å². The number of aromatic nitrogens is 3. The average molecular weight is 493 g/mol. The van der Waals surface area contributed by atoms with Gasteiger partial charge in [0.1, 0.15) is 11.9 Å². The Kier molecular flexibility index (Phi) is 8.18. The van der Waals surface area contributed by atoms with Gasteiger partial charge in [-0.15, -0.1) is 5.10 Å². The van der Waals surface area contributed by atoms with Crippen molar-refractivity contribution >= 4 is 17.6 Å². The summed E-state index contributed by atoms with van der Waals surface area (Å²) in [5, 5.41) is 21.3. The molecule has 4 rings (SSSR count). The van der Waals surface area contributed by atoms with E-state index < -0.39 is 18.3 Å². The molecule has 1 saturated heterocycles. The summed E-state index contributed by atoms with van der Waals surface area (Å²) in [6, 6.07) is 14.9. The molecular weight excluding hydrogens is 470 g/mol. The third-order valence-electron chi connectivity index (χ3n) is 5.28. The first kappa shape index (κ1) is 25.8. The molecule has 1 amide bonds. The summed E-state index contributed by atoms with van der Waals surface area (Å²) in [5.74, 6) is -2.90. The van der Waals surface area contributed by atoms with Crippen molar-refractivity contribution in [2.75, 3.05) is 18.4 Å². The van der Waals surface area contributed by atoms with Crippen molar-refractivity contribution in [2.45, 2.75) is 25.8 Å². The minimum Gasteiger partial charge on any atom is -0.475 e. The van der Waals surface area contributed by atoms with E-state index in [0.717, 1.165) is 16.8 Å². The SMILES string of the molecule is Cc1ccc(-c2cn(CC(F)C3CNC3)nn2)cc1C(=O)Nc1ccccc1.O=C(O)C(F)(F)F. The van der Waals surface area contributed by atoms with Crippen LogP contribution < -0.4 is 10.6 Å². The molecule has 1 aromatic heterocycles. The van der Waals surface area contributed by atoms with Crippen molar-refractivity contribution in [3.05, 3.63) is 65.9 Å². The quantitative estimate of drug-likeness (QED) is 0.452. The molecule has 3 N–H and O–H groups in total. The molecule has 0 radical (unpaired) electrons. The van der Waals surface area contributed by atoms with E-state index in [9.17, 15) is 22.4 Å². The van der Waals surface area contributed by atoms with Crippen molar-refractivity contribution in [3.63, 3.8) is 0 Å². The molecule has 0 aliphatic carbocycles. The van der Waals surface area contributed by atoms with Gasteiger partial charge in [0, 0.05) is 35.8 Å². The third-order valence-corrected chi connectivity index (χ3v) is 5.28. The van der Waals surface area contributed by atoms with E-state index in [1.165, 1.54) is 4.68 Å². The van der Waals surface area contributed by atoms with Gasteiger partial charge in [0.25, 0.3) is 5.91 Å². The van der Waals surface area contributed by atoms with E-state index in [4.69, 9.17) is 9.90 Å². The lowest BCUT2D eigenvalue weighted by Gasteiger charge is -2.29. The van der Waals surface area contributed by atoms with Gasteiger partial charge in [-0.25, -0.2) is 13.9 Å². The minimum absolute atomic E-state index is 0.0420. The molecule has 12 heteroatoms. The van der Waals surface area contributed by atoms with Crippen molar-refractivity contribution in [2.24, 2.45) is 5.92 Å². The number of alkyl halides is 4. The highest BCUT2D eigenvalue weighted by atomic mass is 19.4. The molecule has 0 bridgehead atoms. The first-order valence-corrected chi connectivity index (χ1v) is 10.6. The van der Waals surface area contributed by atoms with E-state index in [2.05, 4.69) is 20.9 Å². The second-order valence-corrected chi connectivity index (χ2v) is 7.91. The highest BCUT2D eigenvalue weighted by Gasteiger charge is 2.38. The fraction of sp³-hybridized carbons (Fsp3) is 0.304. The van der Waals surface area contributed by atoms with Crippen molar-refractivity contribution in [1.82, 2.24) is 20.3 Å². The largest absolute Gasteiger partial charge is 0.490 e. The summed E-state index contributed by atoms with van der Waals surface area (Å²) in [7, 11) is 0. The molecular formula is C23H23F4N5O3. The zero-order valence-electron chi connectivity index (χ0n) is 18.6. The zero-order valence-corrected chi connectivity index (χ0v) is 18.6. The number of amides is 1. The number of halogens is 4. The van der Waals surface area contributed by atoms with Crippen LogP contribution in [0.4, 0.5) is 23.2 Å². The maximum Gasteiger partial charge on any atom is 0.490 e. The average Bonchev–Trinajstić information content (AvgIpc) is 3.21. The van der Waals surface area contributed by atoms with Crippen molar-refractivity contribution < 1.29 is 32.3 Å². The van der Waals surface area contributed by atoms with Crippen LogP contribution in [0.15, 0.2) is 54.7 Å². The number of aliphatic carboxylic acids is 1. The molecule has 2 aromatic carbocycles. The number of para-hydroxylation sites is 1. The van der Waals surface area contributed by atoms with Gasteiger partial charge in [-0.2, -0.15) is 13.2 Å². The molecule has 186 valence electrons. The number of carboxylic acid groups (broad SMARTS) is 1. The van der Waals surface area contributed by atoms with Crippen LogP contribution in [0.5, 0.6) is 0 Å². The van der Waals surface area contributed by atoms with Crippen LogP contribution in [0, 0.1) is 12.8 Å². The van der Waals surface area contributed by atoms with Crippen LogP contribution in [0.3, 0.4) is 0 Å². The molecule has 8 nitrogen and oxygen atoms in total. The van der Waals surface area contributed by atoms with Gasteiger partial charge >= 0.3 is 12.1 Å². The van der Waals surface area contributed by atoms with E-state index in [1.807, 2.05) is 49.4 Å². The maximum atomic E-state index is 14.2. The summed E-state index contributed by atoms with van der Waals surface area (Å²) in [4.78, 5) is 21.6. The fourth-order valence-electron chi connectivity index (χ4n) is 3.16. The zero-order chi connectivity index (χ0) is 25.6. The molecule has 1 unspecified atom stereocenters. The molecule has 1 aliphatic heterocycles. The molecule has 1 fully saturated rings. The lowest BCUT2D eigenvalue weighted by molar-refractivity contribution is -0.192. The summed E-state index contributed by atoms with van der Waals surface area (Å²) in [5.41, 5.74) is 3.57. The Bertz CT molecular complexity index is 1160. The first-order valence-electron chi connectivity index (χ1n) is 10.6. The number of aryl methyl sites for hydroxylation is 1. The number of nitrogens with one attached hydrogen (secondary N) is 2. The number of nitrogens with zero attached hydrogens (tertiary/aromatic N) is 3.